The Hall–Kier alpha value is -1.15. The summed E-state index contributed by atoms with van der Waals surface area (Å²) < 4.78 is 42.4. The van der Waals surface area contributed by atoms with Gasteiger partial charge >= 0.3 is 12.1 Å². The van der Waals surface area contributed by atoms with E-state index in [1.807, 2.05) is 0 Å². The van der Waals surface area contributed by atoms with Crippen molar-refractivity contribution in [3.8, 4) is 0 Å². The van der Waals surface area contributed by atoms with Gasteiger partial charge in [-0.1, -0.05) is 0 Å². The van der Waals surface area contributed by atoms with Crippen molar-refractivity contribution in [2.45, 2.75) is 19.5 Å². The Bertz CT molecular complexity index is 403. The predicted octanol–water partition coefficient (Wildman–Crippen LogP) is 2.44. The largest absolute Gasteiger partial charge is 0.477 e. The third-order valence-electron chi connectivity index (χ3n) is 1.80. The van der Waals surface area contributed by atoms with Gasteiger partial charge in [0.2, 0.25) is 0 Å². The molecule has 0 saturated carbocycles. The summed E-state index contributed by atoms with van der Waals surface area (Å²) >= 11 is 0.534. The molecule has 0 amide bonds. The molecule has 1 aromatic heterocycles. The fourth-order valence-corrected chi connectivity index (χ4v) is 2.02. The highest BCUT2D eigenvalue weighted by atomic mass is 32.1. The molecule has 0 bridgehead atoms. The molecule has 0 radical (unpaired) electrons. The first-order valence-corrected chi connectivity index (χ1v) is 5.55. The number of carboxylic acids is 1. The molecule has 0 aliphatic rings. The minimum Gasteiger partial charge on any atom is -0.477 e. The summed E-state index contributed by atoms with van der Waals surface area (Å²) in [5.74, 6) is -1.61. The first-order valence-electron chi connectivity index (χ1n) is 4.74. The van der Waals surface area contributed by atoms with Crippen LogP contribution >= 0.6 is 11.3 Å². The number of alkyl halides is 3. The number of carbonyl (C=O) groups is 1. The second-order valence-electron chi connectivity index (χ2n) is 3.04. The summed E-state index contributed by atoms with van der Waals surface area (Å²) in [5.41, 5.74) is -1.33. The van der Waals surface area contributed by atoms with E-state index in [4.69, 9.17) is 9.84 Å². The van der Waals surface area contributed by atoms with Gasteiger partial charge in [0, 0.05) is 13.0 Å². The van der Waals surface area contributed by atoms with Gasteiger partial charge in [-0.3, -0.25) is 0 Å². The molecule has 96 valence electrons. The first kappa shape index (κ1) is 13.9. The SMILES string of the molecule is CCOCCc1nc(C(F)(F)F)c(C(=O)O)s1. The van der Waals surface area contributed by atoms with Crippen molar-refractivity contribution in [1.82, 2.24) is 4.98 Å². The van der Waals surface area contributed by atoms with Crippen LogP contribution in [0.5, 0.6) is 0 Å². The molecule has 17 heavy (non-hydrogen) atoms. The molecule has 4 nitrogen and oxygen atoms in total. The van der Waals surface area contributed by atoms with E-state index in [2.05, 4.69) is 4.98 Å². The lowest BCUT2D eigenvalue weighted by atomic mass is 10.3. The van der Waals surface area contributed by atoms with Gasteiger partial charge in [-0.2, -0.15) is 13.2 Å². The number of thiazole rings is 1. The summed E-state index contributed by atoms with van der Waals surface area (Å²) in [6, 6.07) is 0. The van der Waals surface area contributed by atoms with Crippen molar-refractivity contribution in [2.75, 3.05) is 13.2 Å². The van der Waals surface area contributed by atoms with Crippen molar-refractivity contribution < 1.29 is 27.8 Å². The van der Waals surface area contributed by atoms with Crippen molar-refractivity contribution in [1.29, 1.82) is 0 Å². The van der Waals surface area contributed by atoms with Crippen LogP contribution in [0, 0.1) is 0 Å². The monoisotopic (exact) mass is 269 g/mol. The van der Waals surface area contributed by atoms with E-state index >= 15 is 0 Å². The number of aromatic nitrogens is 1. The van der Waals surface area contributed by atoms with Crippen LogP contribution in [-0.4, -0.2) is 29.3 Å². The fraction of sp³-hybridized carbons (Fsp3) is 0.556. The standard InChI is InChI=1S/C9H10F3NO3S/c1-2-16-4-3-5-13-7(9(10,11)12)6(17-5)8(14)15/h2-4H2,1H3,(H,14,15). The highest BCUT2D eigenvalue weighted by Gasteiger charge is 2.39. The van der Waals surface area contributed by atoms with Crippen molar-refractivity contribution >= 4 is 17.3 Å². The molecule has 0 aliphatic carbocycles. The summed E-state index contributed by atoms with van der Waals surface area (Å²) in [4.78, 5) is 13.2. The molecule has 1 heterocycles. The second-order valence-corrected chi connectivity index (χ2v) is 4.12. The lowest BCUT2D eigenvalue weighted by Gasteiger charge is -2.02. The number of hydrogen-bond acceptors (Lipinski definition) is 4. The molecule has 0 spiro atoms. The van der Waals surface area contributed by atoms with Gasteiger partial charge in [-0.15, -0.1) is 11.3 Å². The fourth-order valence-electron chi connectivity index (χ4n) is 1.11. The van der Waals surface area contributed by atoms with Crippen LogP contribution < -0.4 is 0 Å². The molecule has 0 unspecified atom stereocenters. The number of carboxylic acid groups (broad SMARTS) is 1. The van der Waals surface area contributed by atoms with Gasteiger partial charge in [0.15, 0.2) is 5.69 Å². The average Bonchev–Trinajstić information content (AvgIpc) is 2.62. The van der Waals surface area contributed by atoms with Crippen LogP contribution in [0.4, 0.5) is 13.2 Å². The van der Waals surface area contributed by atoms with Crippen molar-refractivity contribution in [3.63, 3.8) is 0 Å². The van der Waals surface area contributed by atoms with Gasteiger partial charge in [-0.05, 0) is 6.92 Å². The van der Waals surface area contributed by atoms with Crippen LogP contribution in [0.3, 0.4) is 0 Å². The van der Waals surface area contributed by atoms with Gasteiger partial charge in [0.1, 0.15) is 4.88 Å². The van der Waals surface area contributed by atoms with E-state index in [9.17, 15) is 18.0 Å². The molecular weight excluding hydrogens is 259 g/mol. The van der Waals surface area contributed by atoms with E-state index in [0.717, 1.165) is 0 Å². The molecule has 0 atom stereocenters. The number of nitrogens with zero attached hydrogens (tertiary/aromatic N) is 1. The predicted molar refractivity (Wildman–Crippen MR) is 54.3 cm³/mol. The molecule has 1 aromatic rings. The van der Waals surface area contributed by atoms with E-state index in [1.54, 1.807) is 6.92 Å². The zero-order valence-electron chi connectivity index (χ0n) is 8.87. The third-order valence-corrected chi connectivity index (χ3v) is 2.90. The highest BCUT2D eigenvalue weighted by Crippen LogP contribution is 2.34. The minimum atomic E-state index is -4.74. The Labute approximate surface area is 99.0 Å². The maximum absolute atomic E-state index is 12.5. The first-order chi connectivity index (χ1) is 7.86. The Morgan fingerprint density at radius 3 is 2.59 bits per heavy atom. The summed E-state index contributed by atoms with van der Waals surface area (Å²) in [6.07, 6.45) is -4.57. The van der Waals surface area contributed by atoms with Crippen LogP contribution in [0.2, 0.25) is 0 Å². The summed E-state index contributed by atoms with van der Waals surface area (Å²) in [5, 5.41) is 8.77. The van der Waals surface area contributed by atoms with Crippen LogP contribution in [0.1, 0.15) is 27.3 Å². The molecule has 0 aromatic carbocycles. The zero-order chi connectivity index (χ0) is 13.1. The maximum atomic E-state index is 12.5. The van der Waals surface area contributed by atoms with Crippen molar-refractivity contribution in [3.05, 3.63) is 15.6 Å². The Morgan fingerprint density at radius 2 is 2.18 bits per heavy atom. The minimum absolute atomic E-state index is 0.114. The van der Waals surface area contributed by atoms with Gasteiger partial charge in [0.05, 0.1) is 11.6 Å². The van der Waals surface area contributed by atoms with E-state index in [0.29, 0.717) is 17.9 Å². The normalized spacial score (nSPS) is 11.8. The van der Waals surface area contributed by atoms with Crippen molar-refractivity contribution in [2.24, 2.45) is 0 Å². The molecule has 1 rings (SSSR count). The Balaban J connectivity index is 2.93. The number of aromatic carboxylic acids is 1. The van der Waals surface area contributed by atoms with Crippen LogP contribution in [0.25, 0.3) is 0 Å². The molecule has 0 aliphatic heterocycles. The number of halogens is 3. The molecule has 0 saturated heterocycles. The van der Waals surface area contributed by atoms with E-state index in [1.165, 1.54) is 0 Å². The summed E-state index contributed by atoms with van der Waals surface area (Å²) in [7, 11) is 0. The Kier molecular flexibility index (Phi) is 4.47. The quantitative estimate of drug-likeness (QED) is 0.834. The topological polar surface area (TPSA) is 59.4 Å². The van der Waals surface area contributed by atoms with Gasteiger partial charge < -0.3 is 9.84 Å². The second kappa shape index (κ2) is 5.46. The van der Waals surface area contributed by atoms with E-state index < -0.39 is 22.7 Å². The smallest absolute Gasteiger partial charge is 0.435 e. The number of ether oxygens (including phenoxy) is 1. The van der Waals surface area contributed by atoms with E-state index in [-0.39, 0.29) is 18.0 Å². The molecule has 1 N–H and O–H groups in total. The molecular formula is C9H10F3NO3S. The number of rotatable bonds is 5. The van der Waals surface area contributed by atoms with Crippen LogP contribution in [-0.2, 0) is 17.3 Å². The summed E-state index contributed by atoms with van der Waals surface area (Å²) in [6.45, 7) is 2.43. The Morgan fingerprint density at radius 1 is 1.53 bits per heavy atom. The third kappa shape index (κ3) is 3.67. The molecule has 0 fully saturated rings. The number of hydrogen-bond donors (Lipinski definition) is 1. The van der Waals surface area contributed by atoms with Crippen LogP contribution in [0.15, 0.2) is 0 Å². The highest BCUT2D eigenvalue weighted by molar-refractivity contribution is 7.13. The van der Waals surface area contributed by atoms with Gasteiger partial charge in [-0.25, -0.2) is 9.78 Å². The maximum Gasteiger partial charge on any atom is 0.435 e. The zero-order valence-corrected chi connectivity index (χ0v) is 9.69. The average molecular weight is 269 g/mol. The molecule has 8 heteroatoms. The lowest BCUT2D eigenvalue weighted by molar-refractivity contribution is -0.141. The van der Waals surface area contributed by atoms with Gasteiger partial charge in [0.25, 0.3) is 0 Å². The lowest BCUT2D eigenvalue weighted by Crippen LogP contribution is -2.11.